The van der Waals surface area contributed by atoms with Gasteiger partial charge in [0.05, 0.1) is 0 Å². The molecule has 0 amide bonds. The number of aromatic nitrogens is 1. The summed E-state index contributed by atoms with van der Waals surface area (Å²) in [6, 6.07) is 3.96. The number of ether oxygens (including phenoxy) is 1. The van der Waals surface area contributed by atoms with Crippen molar-refractivity contribution in [3.63, 3.8) is 0 Å². The summed E-state index contributed by atoms with van der Waals surface area (Å²) in [5.74, 6) is 0.719. The van der Waals surface area contributed by atoms with Crippen LogP contribution in [0.15, 0.2) is 18.3 Å². The summed E-state index contributed by atoms with van der Waals surface area (Å²) < 4.78 is 5.82. The highest BCUT2D eigenvalue weighted by Crippen LogP contribution is 2.17. The predicted molar refractivity (Wildman–Crippen MR) is 70.3 cm³/mol. The molecule has 0 bridgehead atoms. The van der Waals surface area contributed by atoms with Crippen LogP contribution in [0.25, 0.3) is 0 Å². The van der Waals surface area contributed by atoms with Gasteiger partial charge in [-0.25, -0.2) is 4.98 Å². The van der Waals surface area contributed by atoms with Crippen molar-refractivity contribution < 1.29 is 4.74 Å². The van der Waals surface area contributed by atoms with Crippen LogP contribution in [0.4, 0.5) is 0 Å². The van der Waals surface area contributed by atoms with Gasteiger partial charge in [-0.1, -0.05) is 6.07 Å². The molecule has 0 atom stereocenters. The standard InChI is InChI=1S/C13H23N3O/c1-13(2,16(4)5)10-17-12-11(9-14-3)7-6-8-15-12/h6-8,14H,9-10H2,1-5H3. The molecule has 0 aliphatic carbocycles. The van der Waals surface area contributed by atoms with E-state index in [0.717, 1.165) is 18.0 Å². The molecule has 0 aromatic carbocycles. The van der Waals surface area contributed by atoms with Crippen molar-refractivity contribution in [2.24, 2.45) is 0 Å². The zero-order chi connectivity index (χ0) is 12.9. The molecular formula is C13H23N3O. The Balaban J connectivity index is 2.69. The topological polar surface area (TPSA) is 37.4 Å². The summed E-state index contributed by atoms with van der Waals surface area (Å²) in [6.07, 6.45) is 1.76. The molecule has 4 nitrogen and oxygen atoms in total. The summed E-state index contributed by atoms with van der Waals surface area (Å²) in [5.41, 5.74) is 1.08. The second kappa shape index (κ2) is 5.98. The molecule has 1 heterocycles. The number of nitrogens with one attached hydrogen (secondary N) is 1. The Kier molecular flexibility index (Phi) is 4.90. The number of rotatable bonds is 6. The first-order valence-corrected chi connectivity index (χ1v) is 5.86. The number of hydrogen-bond acceptors (Lipinski definition) is 4. The van der Waals surface area contributed by atoms with E-state index in [1.165, 1.54) is 0 Å². The van der Waals surface area contributed by atoms with Gasteiger partial charge in [-0.3, -0.25) is 0 Å². The molecule has 0 saturated carbocycles. The summed E-state index contributed by atoms with van der Waals surface area (Å²) in [6.45, 7) is 5.68. The summed E-state index contributed by atoms with van der Waals surface area (Å²) in [5, 5.41) is 3.11. The zero-order valence-electron chi connectivity index (χ0n) is 11.4. The van der Waals surface area contributed by atoms with Crippen LogP contribution < -0.4 is 10.1 Å². The maximum atomic E-state index is 5.82. The Bertz CT molecular complexity index is 350. The molecule has 0 spiro atoms. The average molecular weight is 237 g/mol. The monoisotopic (exact) mass is 237 g/mol. The van der Waals surface area contributed by atoms with E-state index in [2.05, 4.69) is 43.1 Å². The van der Waals surface area contributed by atoms with Gasteiger partial charge in [0.1, 0.15) is 6.61 Å². The van der Waals surface area contributed by atoms with Crippen LogP contribution in [0.1, 0.15) is 19.4 Å². The van der Waals surface area contributed by atoms with E-state index < -0.39 is 0 Å². The Hall–Kier alpha value is -1.13. The van der Waals surface area contributed by atoms with Crippen molar-refractivity contribution >= 4 is 0 Å². The second-order valence-corrected chi connectivity index (χ2v) is 4.99. The van der Waals surface area contributed by atoms with Crippen LogP contribution in [-0.2, 0) is 6.54 Å². The zero-order valence-corrected chi connectivity index (χ0v) is 11.4. The van der Waals surface area contributed by atoms with Crippen molar-refractivity contribution in [1.82, 2.24) is 15.2 Å². The largest absolute Gasteiger partial charge is 0.475 e. The molecule has 1 aromatic heterocycles. The molecule has 0 aliphatic rings. The molecule has 0 fully saturated rings. The molecule has 4 heteroatoms. The Morgan fingerprint density at radius 2 is 2.12 bits per heavy atom. The molecule has 17 heavy (non-hydrogen) atoms. The fourth-order valence-corrected chi connectivity index (χ4v) is 1.25. The number of pyridine rings is 1. The third kappa shape index (κ3) is 3.98. The maximum Gasteiger partial charge on any atom is 0.217 e. The van der Waals surface area contributed by atoms with Crippen molar-refractivity contribution in [2.45, 2.75) is 25.9 Å². The van der Waals surface area contributed by atoms with Gasteiger partial charge in [-0.15, -0.1) is 0 Å². The normalized spacial score (nSPS) is 11.9. The highest BCUT2D eigenvalue weighted by Gasteiger charge is 2.22. The Labute approximate surface area is 104 Å². The van der Waals surface area contributed by atoms with Crippen LogP contribution in [0, 0.1) is 0 Å². The van der Waals surface area contributed by atoms with E-state index >= 15 is 0 Å². The van der Waals surface area contributed by atoms with E-state index in [1.54, 1.807) is 6.20 Å². The molecule has 0 saturated heterocycles. The number of likely N-dealkylation sites (N-methyl/N-ethyl adjacent to an activating group) is 1. The lowest BCUT2D eigenvalue weighted by molar-refractivity contribution is 0.110. The molecule has 0 radical (unpaired) electrons. The Morgan fingerprint density at radius 1 is 1.41 bits per heavy atom. The van der Waals surface area contributed by atoms with E-state index in [9.17, 15) is 0 Å². The van der Waals surface area contributed by atoms with Crippen molar-refractivity contribution in [1.29, 1.82) is 0 Å². The SMILES string of the molecule is CNCc1cccnc1OCC(C)(C)N(C)C. The van der Waals surface area contributed by atoms with Gasteiger partial charge in [-0.2, -0.15) is 0 Å². The molecule has 0 unspecified atom stereocenters. The summed E-state index contributed by atoms with van der Waals surface area (Å²) >= 11 is 0. The highest BCUT2D eigenvalue weighted by molar-refractivity contribution is 5.25. The molecule has 0 aliphatic heterocycles. The van der Waals surface area contributed by atoms with Crippen molar-refractivity contribution in [2.75, 3.05) is 27.7 Å². The van der Waals surface area contributed by atoms with Gasteiger partial charge in [0.2, 0.25) is 5.88 Å². The molecular weight excluding hydrogens is 214 g/mol. The lowest BCUT2D eigenvalue weighted by Gasteiger charge is -2.32. The summed E-state index contributed by atoms with van der Waals surface area (Å²) in [7, 11) is 6.02. The van der Waals surface area contributed by atoms with Crippen LogP contribution in [0.5, 0.6) is 5.88 Å². The smallest absolute Gasteiger partial charge is 0.217 e. The van der Waals surface area contributed by atoms with E-state index in [-0.39, 0.29) is 5.54 Å². The first kappa shape index (κ1) is 13.9. The van der Waals surface area contributed by atoms with Crippen LogP contribution >= 0.6 is 0 Å². The molecule has 96 valence electrons. The van der Waals surface area contributed by atoms with Gasteiger partial charge in [0.25, 0.3) is 0 Å². The first-order chi connectivity index (χ1) is 7.97. The molecule has 1 N–H and O–H groups in total. The van der Waals surface area contributed by atoms with Crippen LogP contribution in [-0.4, -0.2) is 43.2 Å². The van der Waals surface area contributed by atoms with Gasteiger partial charge in [-0.05, 0) is 41.1 Å². The van der Waals surface area contributed by atoms with Gasteiger partial charge < -0.3 is 15.0 Å². The third-order valence-corrected chi connectivity index (χ3v) is 2.99. The highest BCUT2D eigenvalue weighted by atomic mass is 16.5. The fourth-order valence-electron chi connectivity index (χ4n) is 1.25. The lowest BCUT2D eigenvalue weighted by Crippen LogP contribution is -2.43. The van der Waals surface area contributed by atoms with Gasteiger partial charge in [0, 0.05) is 23.8 Å². The minimum Gasteiger partial charge on any atom is -0.475 e. The van der Waals surface area contributed by atoms with E-state index in [0.29, 0.717) is 6.61 Å². The van der Waals surface area contributed by atoms with E-state index in [4.69, 9.17) is 4.74 Å². The van der Waals surface area contributed by atoms with Gasteiger partial charge >= 0.3 is 0 Å². The van der Waals surface area contributed by atoms with Gasteiger partial charge in [0.15, 0.2) is 0 Å². The second-order valence-electron chi connectivity index (χ2n) is 4.99. The maximum absolute atomic E-state index is 5.82. The van der Waals surface area contributed by atoms with E-state index in [1.807, 2.05) is 19.2 Å². The minimum atomic E-state index is -0.00552. The van der Waals surface area contributed by atoms with Crippen molar-refractivity contribution in [3.05, 3.63) is 23.9 Å². The summed E-state index contributed by atoms with van der Waals surface area (Å²) in [4.78, 5) is 6.43. The molecule has 1 rings (SSSR count). The Morgan fingerprint density at radius 3 is 2.71 bits per heavy atom. The van der Waals surface area contributed by atoms with Crippen molar-refractivity contribution in [3.8, 4) is 5.88 Å². The molecule has 1 aromatic rings. The first-order valence-electron chi connectivity index (χ1n) is 5.86. The third-order valence-electron chi connectivity index (χ3n) is 2.99. The predicted octanol–water partition coefficient (Wildman–Crippen LogP) is 1.52. The van der Waals surface area contributed by atoms with Crippen LogP contribution in [0.2, 0.25) is 0 Å². The number of nitrogens with zero attached hydrogens (tertiary/aromatic N) is 2. The fraction of sp³-hybridized carbons (Fsp3) is 0.615. The number of hydrogen-bond donors (Lipinski definition) is 1. The lowest BCUT2D eigenvalue weighted by atomic mass is 10.1. The van der Waals surface area contributed by atoms with Crippen LogP contribution in [0.3, 0.4) is 0 Å². The average Bonchev–Trinajstić information content (AvgIpc) is 2.28. The minimum absolute atomic E-state index is 0.00552. The quantitative estimate of drug-likeness (QED) is 0.814.